The average molecular weight is 432 g/mol. The van der Waals surface area contributed by atoms with Crippen molar-refractivity contribution in [2.45, 2.75) is 11.8 Å². The highest BCUT2D eigenvalue weighted by Gasteiger charge is 2.19. The molecule has 0 fully saturated rings. The van der Waals surface area contributed by atoms with E-state index in [0.717, 1.165) is 5.69 Å². The number of ether oxygens (including phenoxy) is 1. The van der Waals surface area contributed by atoms with Crippen molar-refractivity contribution >= 4 is 39.0 Å². The van der Waals surface area contributed by atoms with E-state index in [9.17, 15) is 13.2 Å². The van der Waals surface area contributed by atoms with Gasteiger partial charge < -0.3 is 10.1 Å². The predicted molar refractivity (Wildman–Crippen MR) is 112 cm³/mol. The molecule has 1 amide bonds. The lowest BCUT2D eigenvalue weighted by Gasteiger charge is -2.13. The lowest BCUT2D eigenvalue weighted by atomic mass is 10.2. The maximum Gasteiger partial charge on any atom is 0.262 e. The number of carbonyl (C=O) groups is 1. The van der Waals surface area contributed by atoms with Gasteiger partial charge in [0.1, 0.15) is 11.6 Å². The van der Waals surface area contributed by atoms with Gasteiger partial charge in [0.25, 0.3) is 15.9 Å². The van der Waals surface area contributed by atoms with Crippen LogP contribution in [-0.4, -0.2) is 26.4 Å². The van der Waals surface area contributed by atoms with Crippen LogP contribution in [-0.2, 0) is 10.0 Å². The topological polar surface area (TPSA) is 97.4 Å². The number of nitrogens with zero attached hydrogens (tertiary/aromatic N) is 1. The third-order valence-corrected chi connectivity index (χ3v) is 5.54. The smallest absolute Gasteiger partial charge is 0.262 e. The minimum absolute atomic E-state index is 0.0793. The van der Waals surface area contributed by atoms with Gasteiger partial charge in [0.15, 0.2) is 0 Å². The van der Waals surface area contributed by atoms with Gasteiger partial charge in [-0.3, -0.25) is 9.52 Å². The number of methoxy groups -OCH3 is 1. The number of halogens is 1. The van der Waals surface area contributed by atoms with Gasteiger partial charge in [0.2, 0.25) is 0 Å². The molecular weight excluding hydrogens is 414 g/mol. The number of benzene rings is 2. The van der Waals surface area contributed by atoms with Crippen LogP contribution in [0.25, 0.3) is 0 Å². The first-order valence-electron chi connectivity index (χ1n) is 8.50. The van der Waals surface area contributed by atoms with Crippen molar-refractivity contribution in [1.29, 1.82) is 0 Å². The third-order valence-electron chi connectivity index (χ3n) is 3.94. The van der Waals surface area contributed by atoms with Crippen molar-refractivity contribution in [3.8, 4) is 5.75 Å². The molecule has 0 aliphatic rings. The summed E-state index contributed by atoms with van der Waals surface area (Å²) in [4.78, 5) is 16.6. The van der Waals surface area contributed by atoms with E-state index in [4.69, 9.17) is 16.3 Å². The standard InChI is InChI=1S/C20H18ClN3O4S/c1-13-5-3-8-19(22-13)23-20(25)14-6-4-7-16(11-14)29(26,27)24-17-12-15(21)9-10-18(17)28-2/h3-12,24H,1-2H3,(H,22,23,25). The van der Waals surface area contributed by atoms with E-state index < -0.39 is 15.9 Å². The van der Waals surface area contributed by atoms with Crippen LogP contribution in [0, 0.1) is 6.92 Å². The first-order chi connectivity index (χ1) is 13.8. The minimum Gasteiger partial charge on any atom is -0.495 e. The predicted octanol–water partition coefficient (Wildman–Crippen LogP) is 4.11. The number of hydrogen-bond acceptors (Lipinski definition) is 5. The van der Waals surface area contributed by atoms with Gasteiger partial charge in [-0.2, -0.15) is 0 Å². The number of rotatable bonds is 6. The lowest BCUT2D eigenvalue weighted by molar-refractivity contribution is 0.102. The van der Waals surface area contributed by atoms with Crippen molar-refractivity contribution in [1.82, 2.24) is 4.98 Å². The monoisotopic (exact) mass is 431 g/mol. The first-order valence-corrected chi connectivity index (χ1v) is 10.4. The van der Waals surface area contributed by atoms with E-state index in [2.05, 4.69) is 15.0 Å². The summed E-state index contributed by atoms with van der Waals surface area (Å²) in [5, 5.41) is 3.00. The molecule has 0 bridgehead atoms. The van der Waals surface area contributed by atoms with Crippen molar-refractivity contribution < 1.29 is 17.9 Å². The fourth-order valence-electron chi connectivity index (χ4n) is 2.57. The molecule has 7 nitrogen and oxygen atoms in total. The Bertz CT molecular complexity index is 1170. The molecule has 1 heterocycles. The second-order valence-electron chi connectivity index (χ2n) is 6.10. The molecule has 2 aromatic carbocycles. The summed E-state index contributed by atoms with van der Waals surface area (Å²) < 4.78 is 33.2. The summed E-state index contributed by atoms with van der Waals surface area (Å²) in [6, 6.07) is 15.5. The summed E-state index contributed by atoms with van der Waals surface area (Å²) in [6.45, 7) is 1.80. The summed E-state index contributed by atoms with van der Waals surface area (Å²) in [5.74, 6) is 0.225. The molecule has 0 unspecified atom stereocenters. The number of carbonyl (C=O) groups excluding carboxylic acids is 1. The van der Waals surface area contributed by atoms with Crippen LogP contribution in [0.4, 0.5) is 11.5 Å². The highest BCUT2D eigenvalue weighted by molar-refractivity contribution is 7.92. The van der Waals surface area contributed by atoms with Crippen molar-refractivity contribution in [2.75, 3.05) is 17.1 Å². The van der Waals surface area contributed by atoms with E-state index in [-0.39, 0.29) is 16.1 Å². The number of sulfonamides is 1. The Morgan fingerprint density at radius 3 is 2.55 bits per heavy atom. The molecule has 0 radical (unpaired) electrons. The molecule has 0 saturated carbocycles. The maximum absolute atomic E-state index is 12.8. The van der Waals surface area contributed by atoms with Gasteiger partial charge in [-0.25, -0.2) is 13.4 Å². The number of pyridine rings is 1. The molecule has 3 rings (SSSR count). The largest absolute Gasteiger partial charge is 0.495 e. The van der Waals surface area contributed by atoms with Gasteiger partial charge in [0.05, 0.1) is 17.7 Å². The van der Waals surface area contributed by atoms with E-state index >= 15 is 0 Å². The lowest BCUT2D eigenvalue weighted by Crippen LogP contribution is -2.16. The zero-order valence-corrected chi connectivity index (χ0v) is 17.2. The van der Waals surface area contributed by atoms with E-state index in [1.165, 1.54) is 37.4 Å². The molecule has 29 heavy (non-hydrogen) atoms. The molecule has 0 spiro atoms. The number of hydrogen-bond donors (Lipinski definition) is 2. The third kappa shape index (κ3) is 5.04. The van der Waals surface area contributed by atoms with Crippen LogP contribution >= 0.6 is 11.6 Å². The highest BCUT2D eigenvalue weighted by atomic mass is 35.5. The molecular formula is C20H18ClN3O4S. The van der Waals surface area contributed by atoms with Crippen LogP contribution < -0.4 is 14.8 Å². The number of anilines is 2. The van der Waals surface area contributed by atoms with E-state index in [1.54, 1.807) is 37.3 Å². The molecule has 150 valence electrons. The van der Waals surface area contributed by atoms with E-state index in [0.29, 0.717) is 16.6 Å². The van der Waals surface area contributed by atoms with Gasteiger partial charge in [-0.1, -0.05) is 23.7 Å². The molecule has 0 aliphatic heterocycles. The van der Waals surface area contributed by atoms with Crippen molar-refractivity contribution in [3.63, 3.8) is 0 Å². The Hall–Kier alpha value is -3.10. The Labute approximate surface area is 173 Å². The Balaban J connectivity index is 1.86. The second-order valence-corrected chi connectivity index (χ2v) is 8.22. The molecule has 2 N–H and O–H groups in total. The quantitative estimate of drug-likeness (QED) is 0.612. The fraction of sp³-hybridized carbons (Fsp3) is 0.100. The molecule has 3 aromatic rings. The zero-order valence-electron chi connectivity index (χ0n) is 15.6. The molecule has 0 atom stereocenters. The van der Waals surface area contributed by atoms with Crippen LogP contribution in [0.2, 0.25) is 5.02 Å². The van der Waals surface area contributed by atoms with Crippen molar-refractivity contribution in [3.05, 3.63) is 76.9 Å². The van der Waals surface area contributed by atoms with Crippen LogP contribution in [0.3, 0.4) is 0 Å². The molecule has 0 aliphatic carbocycles. The van der Waals surface area contributed by atoms with E-state index in [1.807, 2.05) is 0 Å². The Kier molecular flexibility index (Phi) is 6.05. The van der Waals surface area contributed by atoms with Gasteiger partial charge in [-0.05, 0) is 55.5 Å². The van der Waals surface area contributed by atoms with Gasteiger partial charge >= 0.3 is 0 Å². The fourth-order valence-corrected chi connectivity index (χ4v) is 3.85. The normalized spacial score (nSPS) is 11.0. The summed E-state index contributed by atoms with van der Waals surface area (Å²) >= 11 is 5.95. The number of aryl methyl sites for hydroxylation is 1. The summed E-state index contributed by atoms with van der Waals surface area (Å²) in [5.41, 5.74) is 1.12. The average Bonchev–Trinajstić information content (AvgIpc) is 2.68. The minimum atomic E-state index is -3.98. The SMILES string of the molecule is COc1ccc(Cl)cc1NS(=O)(=O)c1cccc(C(=O)Nc2cccc(C)n2)c1. The Morgan fingerprint density at radius 2 is 1.83 bits per heavy atom. The molecule has 0 saturated heterocycles. The second kappa shape index (κ2) is 8.50. The number of nitrogens with one attached hydrogen (secondary N) is 2. The van der Waals surface area contributed by atoms with Crippen LogP contribution in [0.1, 0.15) is 16.1 Å². The summed E-state index contributed by atoms with van der Waals surface area (Å²) in [6.07, 6.45) is 0. The van der Waals surface area contributed by atoms with Gasteiger partial charge in [-0.15, -0.1) is 0 Å². The zero-order chi connectivity index (χ0) is 21.0. The number of amides is 1. The van der Waals surface area contributed by atoms with Crippen molar-refractivity contribution in [2.24, 2.45) is 0 Å². The summed E-state index contributed by atoms with van der Waals surface area (Å²) in [7, 11) is -2.56. The van der Waals surface area contributed by atoms with Gasteiger partial charge in [0, 0.05) is 16.3 Å². The first kappa shape index (κ1) is 20.6. The van der Waals surface area contributed by atoms with Crippen LogP contribution in [0.15, 0.2) is 65.6 Å². The molecule has 9 heteroatoms. The maximum atomic E-state index is 12.8. The Morgan fingerprint density at radius 1 is 1.07 bits per heavy atom. The highest BCUT2D eigenvalue weighted by Crippen LogP contribution is 2.30. The van der Waals surface area contributed by atoms with Crippen LogP contribution in [0.5, 0.6) is 5.75 Å². The number of aromatic nitrogens is 1. The molecule has 1 aromatic heterocycles.